The number of hydrogen-bond donors (Lipinski definition) is 1. The number of nitrogens with two attached hydrogens (primary N) is 1. The summed E-state index contributed by atoms with van der Waals surface area (Å²) in [5, 5.41) is 0. The van der Waals surface area contributed by atoms with E-state index in [2.05, 4.69) is 36.8 Å². The molecule has 118 valence electrons. The third-order valence-corrected chi connectivity index (χ3v) is 4.31. The summed E-state index contributed by atoms with van der Waals surface area (Å²) in [5.74, 6) is 1.16. The first-order valence-corrected chi connectivity index (χ1v) is 8.17. The highest BCUT2D eigenvalue weighted by Crippen LogP contribution is 2.24. The lowest BCUT2D eigenvalue weighted by molar-refractivity contribution is 0.327. The van der Waals surface area contributed by atoms with Gasteiger partial charge in [0.15, 0.2) is 0 Å². The van der Waals surface area contributed by atoms with Gasteiger partial charge >= 0.3 is 0 Å². The smallest absolute Gasteiger partial charge is 0.131 e. The highest BCUT2D eigenvalue weighted by molar-refractivity contribution is 5.48. The van der Waals surface area contributed by atoms with Gasteiger partial charge in [-0.25, -0.2) is 4.98 Å². The van der Waals surface area contributed by atoms with E-state index in [4.69, 9.17) is 10.7 Å². The van der Waals surface area contributed by atoms with Gasteiger partial charge in [0, 0.05) is 31.4 Å². The lowest BCUT2D eigenvalue weighted by Gasteiger charge is -2.32. The molecule has 0 radical (unpaired) electrons. The first-order valence-electron chi connectivity index (χ1n) is 8.17. The number of rotatable bonds is 4. The van der Waals surface area contributed by atoms with Crippen LogP contribution in [0.25, 0.3) is 0 Å². The van der Waals surface area contributed by atoms with Crippen molar-refractivity contribution in [3.05, 3.63) is 23.4 Å². The van der Waals surface area contributed by atoms with Gasteiger partial charge in [-0.1, -0.05) is 13.0 Å². The van der Waals surface area contributed by atoms with Gasteiger partial charge in [0.05, 0.1) is 0 Å². The Kier molecular flexibility index (Phi) is 5.59. The molecule has 4 nitrogen and oxygen atoms in total. The van der Waals surface area contributed by atoms with Gasteiger partial charge in [-0.15, -0.1) is 0 Å². The van der Waals surface area contributed by atoms with Crippen molar-refractivity contribution < 1.29 is 0 Å². The molecule has 1 aromatic heterocycles. The van der Waals surface area contributed by atoms with E-state index < -0.39 is 0 Å². The normalized spacial score (nSPS) is 22.1. The van der Waals surface area contributed by atoms with Crippen molar-refractivity contribution in [3.8, 4) is 0 Å². The molecule has 2 unspecified atom stereocenters. The number of aryl methyl sites for hydroxylation is 1. The van der Waals surface area contributed by atoms with Gasteiger partial charge in [-0.2, -0.15) is 0 Å². The zero-order valence-electron chi connectivity index (χ0n) is 14.0. The molecule has 1 aliphatic heterocycles. The molecule has 21 heavy (non-hydrogen) atoms. The first-order chi connectivity index (χ1) is 10.0. The van der Waals surface area contributed by atoms with Crippen molar-refractivity contribution in [2.75, 3.05) is 31.6 Å². The summed E-state index contributed by atoms with van der Waals surface area (Å²) >= 11 is 0. The molecule has 2 heterocycles. The lowest BCUT2D eigenvalue weighted by atomic mass is 10.1. The third-order valence-electron chi connectivity index (χ3n) is 4.31. The Morgan fingerprint density at radius 3 is 2.81 bits per heavy atom. The Balaban J connectivity index is 2.22. The Labute approximate surface area is 129 Å². The van der Waals surface area contributed by atoms with Crippen LogP contribution in [-0.4, -0.2) is 48.6 Å². The summed E-state index contributed by atoms with van der Waals surface area (Å²) in [6.45, 7) is 9.89. The predicted octanol–water partition coefficient (Wildman–Crippen LogP) is 2.20. The van der Waals surface area contributed by atoms with E-state index in [0.29, 0.717) is 6.04 Å². The predicted molar refractivity (Wildman–Crippen MR) is 89.9 cm³/mol. The zero-order valence-corrected chi connectivity index (χ0v) is 14.0. The van der Waals surface area contributed by atoms with Crippen molar-refractivity contribution in [2.24, 2.45) is 5.73 Å². The molecular formula is C17H30N4. The summed E-state index contributed by atoms with van der Waals surface area (Å²) in [5.41, 5.74) is 8.41. The molecule has 2 rings (SSSR count). The number of pyridine rings is 1. The van der Waals surface area contributed by atoms with Crippen molar-refractivity contribution >= 4 is 5.82 Å². The van der Waals surface area contributed by atoms with Crippen LogP contribution in [0.5, 0.6) is 0 Å². The topological polar surface area (TPSA) is 45.4 Å². The van der Waals surface area contributed by atoms with E-state index in [-0.39, 0.29) is 6.04 Å². The van der Waals surface area contributed by atoms with Gasteiger partial charge in [-0.05, 0) is 57.8 Å². The fourth-order valence-electron chi connectivity index (χ4n) is 3.28. The molecule has 1 saturated heterocycles. The van der Waals surface area contributed by atoms with E-state index in [0.717, 1.165) is 31.7 Å². The van der Waals surface area contributed by atoms with Crippen LogP contribution in [0.15, 0.2) is 12.3 Å². The van der Waals surface area contributed by atoms with Crippen molar-refractivity contribution in [1.29, 1.82) is 0 Å². The van der Waals surface area contributed by atoms with E-state index in [1.807, 2.05) is 13.1 Å². The molecule has 0 aliphatic carbocycles. The number of nitrogens with zero attached hydrogens (tertiary/aromatic N) is 3. The fraction of sp³-hybridized carbons (Fsp3) is 0.706. The van der Waals surface area contributed by atoms with Crippen LogP contribution in [0.3, 0.4) is 0 Å². The second kappa shape index (κ2) is 7.23. The van der Waals surface area contributed by atoms with Gasteiger partial charge in [-0.3, -0.25) is 0 Å². The molecule has 1 fully saturated rings. The van der Waals surface area contributed by atoms with Crippen LogP contribution in [0, 0.1) is 6.92 Å². The highest BCUT2D eigenvalue weighted by Gasteiger charge is 2.24. The van der Waals surface area contributed by atoms with Crippen molar-refractivity contribution in [1.82, 2.24) is 9.88 Å². The fourth-order valence-corrected chi connectivity index (χ4v) is 3.28. The standard InChI is InChI=1S/C17H30N4/c1-5-16-12-20(4)7-6-8-21(16)17-13(2)9-15(11-19-17)10-14(3)18/h9,11,14,16H,5-8,10,12,18H2,1-4H3. The highest BCUT2D eigenvalue weighted by atomic mass is 15.3. The number of likely N-dealkylation sites (N-methyl/N-ethyl adjacent to an activating group) is 1. The zero-order chi connectivity index (χ0) is 15.4. The molecule has 4 heteroatoms. The average molecular weight is 290 g/mol. The van der Waals surface area contributed by atoms with E-state index in [1.165, 1.54) is 24.1 Å². The monoisotopic (exact) mass is 290 g/mol. The number of hydrogen-bond acceptors (Lipinski definition) is 4. The second-order valence-corrected chi connectivity index (χ2v) is 6.54. The Morgan fingerprint density at radius 1 is 1.43 bits per heavy atom. The third kappa shape index (κ3) is 4.17. The van der Waals surface area contributed by atoms with Gasteiger partial charge < -0.3 is 15.5 Å². The Bertz CT molecular complexity index is 458. The average Bonchev–Trinajstić information content (AvgIpc) is 2.59. The summed E-state index contributed by atoms with van der Waals surface area (Å²) in [4.78, 5) is 9.72. The molecule has 0 spiro atoms. The maximum absolute atomic E-state index is 5.89. The molecule has 1 aliphatic rings. The quantitative estimate of drug-likeness (QED) is 0.923. The minimum Gasteiger partial charge on any atom is -0.352 e. The molecule has 2 atom stereocenters. The van der Waals surface area contributed by atoms with Crippen LogP contribution < -0.4 is 10.6 Å². The molecule has 0 aromatic carbocycles. The molecule has 0 bridgehead atoms. The maximum atomic E-state index is 5.89. The Hall–Kier alpha value is -1.13. The summed E-state index contributed by atoms with van der Waals surface area (Å²) in [6.07, 6.45) is 5.27. The molecule has 0 saturated carbocycles. The second-order valence-electron chi connectivity index (χ2n) is 6.54. The van der Waals surface area contributed by atoms with Crippen LogP contribution in [0.1, 0.15) is 37.8 Å². The minimum absolute atomic E-state index is 0.187. The van der Waals surface area contributed by atoms with Crippen LogP contribution >= 0.6 is 0 Å². The summed E-state index contributed by atoms with van der Waals surface area (Å²) in [6, 6.07) is 3.00. The van der Waals surface area contributed by atoms with Crippen molar-refractivity contribution in [3.63, 3.8) is 0 Å². The maximum Gasteiger partial charge on any atom is 0.131 e. The van der Waals surface area contributed by atoms with Gasteiger partial charge in [0.1, 0.15) is 5.82 Å². The molecular weight excluding hydrogens is 260 g/mol. The summed E-state index contributed by atoms with van der Waals surface area (Å²) < 4.78 is 0. The van der Waals surface area contributed by atoms with E-state index in [1.54, 1.807) is 0 Å². The van der Waals surface area contributed by atoms with Gasteiger partial charge in [0.2, 0.25) is 0 Å². The molecule has 0 amide bonds. The van der Waals surface area contributed by atoms with Crippen LogP contribution in [0.2, 0.25) is 0 Å². The summed E-state index contributed by atoms with van der Waals surface area (Å²) in [7, 11) is 2.22. The van der Waals surface area contributed by atoms with E-state index >= 15 is 0 Å². The first kappa shape index (κ1) is 16.2. The lowest BCUT2D eigenvalue weighted by Crippen LogP contribution is -2.40. The largest absolute Gasteiger partial charge is 0.352 e. The molecule has 2 N–H and O–H groups in total. The van der Waals surface area contributed by atoms with E-state index in [9.17, 15) is 0 Å². The SMILES string of the molecule is CCC1CN(C)CCCN1c1ncc(CC(C)N)cc1C. The van der Waals surface area contributed by atoms with Crippen molar-refractivity contribution in [2.45, 2.75) is 52.1 Å². The number of aromatic nitrogens is 1. The van der Waals surface area contributed by atoms with Crippen LogP contribution in [-0.2, 0) is 6.42 Å². The number of anilines is 1. The Morgan fingerprint density at radius 2 is 2.19 bits per heavy atom. The molecule has 1 aromatic rings. The van der Waals surface area contributed by atoms with Gasteiger partial charge in [0.25, 0.3) is 0 Å². The van der Waals surface area contributed by atoms with Crippen LogP contribution in [0.4, 0.5) is 5.82 Å². The minimum atomic E-state index is 0.187.